The van der Waals surface area contributed by atoms with E-state index in [9.17, 15) is 14.1 Å². The molecule has 1 aromatic rings. The van der Waals surface area contributed by atoms with Crippen molar-refractivity contribution in [3.63, 3.8) is 0 Å². The summed E-state index contributed by atoms with van der Waals surface area (Å²) in [6, 6.07) is 1.65. The van der Waals surface area contributed by atoms with Gasteiger partial charge in [0.25, 0.3) is 0 Å². The van der Waals surface area contributed by atoms with Gasteiger partial charge in [-0.25, -0.2) is 8.51 Å². The average molecular weight is 415 g/mol. The van der Waals surface area contributed by atoms with Crippen LogP contribution in [0.15, 0.2) is 10.6 Å². The van der Waals surface area contributed by atoms with Gasteiger partial charge in [-0.2, -0.15) is 0 Å². The molecule has 28 heavy (non-hydrogen) atoms. The molecular weight excluding hydrogens is 380 g/mol. The second-order valence-electron chi connectivity index (χ2n) is 8.83. The summed E-state index contributed by atoms with van der Waals surface area (Å²) in [6.07, 6.45) is 3.80. The van der Waals surface area contributed by atoms with Crippen molar-refractivity contribution in [1.29, 1.82) is 0 Å². The summed E-state index contributed by atoms with van der Waals surface area (Å²) in [5.41, 5.74) is -0.704. The largest absolute Gasteiger partial charge is 0.395 e. The lowest BCUT2D eigenvalue weighted by Gasteiger charge is -2.39. The van der Waals surface area contributed by atoms with E-state index in [0.29, 0.717) is 11.6 Å². The maximum absolute atomic E-state index is 12.9. The number of hydrogen-bond acceptors (Lipinski definition) is 6. The number of piperidine rings is 1. The predicted molar refractivity (Wildman–Crippen MR) is 110 cm³/mol. The lowest BCUT2D eigenvalue weighted by atomic mass is 9.91. The number of aliphatic hydroxyl groups is 1. The summed E-state index contributed by atoms with van der Waals surface area (Å²) >= 11 is 0. The quantitative estimate of drug-likeness (QED) is 0.670. The standard InChI is InChI=1S/C19H34N4O4S/c1-18(2,13-24)15-10-16(27-21-15)20-17(25)19(3,4)22(5)11-14-8-7-9-23(12-14)28(6)26/h10,14,24H,7-9,11-13H2,1-6H3,(H,20,25). The highest BCUT2D eigenvalue weighted by Gasteiger charge is 2.35. The third-order valence-corrected chi connectivity index (χ3v) is 6.78. The van der Waals surface area contributed by atoms with Gasteiger partial charge in [-0.3, -0.25) is 15.0 Å². The highest BCUT2D eigenvalue weighted by atomic mass is 32.2. The van der Waals surface area contributed by atoms with E-state index >= 15 is 0 Å². The fraction of sp³-hybridized carbons (Fsp3) is 0.789. The number of aromatic nitrogens is 1. The Morgan fingerprint density at radius 3 is 2.75 bits per heavy atom. The van der Waals surface area contributed by atoms with Gasteiger partial charge in [0.1, 0.15) is 0 Å². The highest BCUT2D eigenvalue weighted by Crippen LogP contribution is 2.26. The van der Waals surface area contributed by atoms with Crippen LogP contribution in [-0.4, -0.2) is 74.7 Å². The number of aliphatic hydroxyl groups excluding tert-OH is 1. The van der Waals surface area contributed by atoms with Crippen LogP contribution in [0.3, 0.4) is 0 Å². The number of carbonyl (C=O) groups excluding carboxylic acids is 1. The van der Waals surface area contributed by atoms with Crippen LogP contribution in [0.1, 0.15) is 46.2 Å². The minimum atomic E-state index is -0.952. The van der Waals surface area contributed by atoms with Crippen molar-refractivity contribution in [3.8, 4) is 0 Å². The second kappa shape index (κ2) is 9.02. The van der Waals surface area contributed by atoms with Crippen LogP contribution >= 0.6 is 0 Å². The average Bonchev–Trinajstić information content (AvgIpc) is 3.11. The first-order valence-electron chi connectivity index (χ1n) is 9.66. The number of carbonyl (C=O) groups is 1. The fourth-order valence-corrected chi connectivity index (χ4v) is 4.00. The maximum Gasteiger partial charge on any atom is 0.246 e. The first kappa shape index (κ1) is 23.0. The first-order chi connectivity index (χ1) is 13.0. The molecule has 0 saturated carbocycles. The Labute approximate surface area is 170 Å². The molecule has 0 bridgehead atoms. The lowest BCUT2D eigenvalue weighted by molar-refractivity contribution is -0.126. The van der Waals surface area contributed by atoms with Crippen molar-refractivity contribution in [2.45, 2.75) is 51.5 Å². The van der Waals surface area contributed by atoms with Crippen molar-refractivity contribution in [2.24, 2.45) is 5.92 Å². The number of anilines is 1. The molecule has 2 N–H and O–H groups in total. The number of nitrogens with one attached hydrogen (secondary N) is 1. The molecule has 1 fully saturated rings. The van der Waals surface area contributed by atoms with E-state index in [4.69, 9.17) is 4.52 Å². The molecule has 1 aliphatic heterocycles. The molecule has 2 atom stereocenters. The van der Waals surface area contributed by atoms with Gasteiger partial charge in [-0.1, -0.05) is 19.0 Å². The van der Waals surface area contributed by atoms with E-state index < -0.39 is 21.9 Å². The molecule has 8 nitrogen and oxygen atoms in total. The van der Waals surface area contributed by atoms with Gasteiger partial charge in [0, 0.05) is 37.4 Å². The van der Waals surface area contributed by atoms with Crippen LogP contribution in [0, 0.1) is 5.92 Å². The molecule has 1 saturated heterocycles. The normalized spacial score (nSPS) is 20.4. The Balaban J connectivity index is 1.98. The fourth-order valence-electron chi connectivity index (χ4n) is 3.20. The summed E-state index contributed by atoms with van der Waals surface area (Å²) in [5, 5.41) is 16.2. The SMILES string of the molecule is CN(CC1CCCN(S(C)=O)C1)C(C)(C)C(=O)Nc1cc(C(C)(C)CO)no1. The van der Waals surface area contributed by atoms with Crippen molar-refractivity contribution >= 4 is 22.8 Å². The molecule has 1 amide bonds. The topological polar surface area (TPSA) is 98.9 Å². The van der Waals surface area contributed by atoms with Crippen LogP contribution in [-0.2, 0) is 21.2 Å². The molecule has 9 heteroatoms. The molecule has 2 heterocycles. The Hall–Kier alpha value is -1.29. The number of hydrogen-bond donors (Lipinski definition) is 2. The van der Waals surface area contributed by atoms with E-state index in [-0.39, 0.29) is 18.4 Å². The summed E-state index contributed by atoms with van der Waals surface area (Å²) in [6.45, 7) is 9.77. The second-order valence-corrected chi connectivity index (χ2v) is 10.2. The molecule has 160 valence electrons. The lowest BCUT2D eigenvalue weighted by Crippen LogP contribution is -2.53. The molecule has 2 unspecified atom stereocenters. The number of likely N-dealkylation sites (N-methyl/N-ethyl adjacent to an activating group) is 1. The van der Waals surface area contributed by atoms with E-state index in [1.165, 1.54) is 0 Å². The predicted octanol–water partition coefficient (Wildman–Crippen LogP) is 1.60. The van der Waals surface area contributed by atoms with Crippen LogP contribution in [0.25, 0.3) is 0 Å². The molecule has 2 rings (SSSR count). The van der Waals surface area contributed by atoms with E-state index in [1.807, 2.05) is 43.9 Å². The van der Waals surface area contributed by atoms with Crippen molar-refractivity contribution in [1.82, 2.24) is 14.4 Å². The molecule has 0 spiro atoms. The van der Waals surface area contributed by atoms with Crippen molar-refractivity contribution in [3.05, 3.63) is 11.8 Å². The Morgan fingerprint density at radius 1 is 1.46 bits per heavy atom. The summed E-state index contributed by atoms with van der Waals surface area (Å²) in [7, 11) is 0.981. The Bertz CT molecular complexity index is 704. The highest BCUT2D eigenvalue weighted by molar-refractivity contribution is 7.81. The zero-order valence-electron chi connectivity index (χ0n) is 17.8. The summed E-state index contributed by atoms with van der Waals surface area (Å²) in [5.74, 6) is 0.455. The molecule has 0 radical (unpaired) electrons. The Kier molecular flexibility index (Phi) is 7.41. The zero-order chi connectivity index (χ0) is 21.1. The van der Waals surface area contributed by atoms with Gasteiger partial charge in [0.05, 0.1) is 28.8 Å². The van der Waals surface area contributed by atoms with Crippen LogP contribution in [0.4, 0.5) is 5.88 Å². The summed E-state index contributed by atoms with van der Waals surface area (Å²) in [4.78, 5) is 14.9. The van der Waals surface area contributed by atoms with Crippen LogP contribution in [0.5, 0.6) is 0 Å². The monoisotopic (exact) mass is 414 g/mol. The van der Waals surface area contributed by atoms with E-state index in [2.05, 4.69) is 10.5 Å². The number of nitrogens with zero attached hydrogens (tertiary/aromatic N) is 3. The van der Waals surface area contributed by atoms with Gasteiger partial charge in [0.2, 0.25) is 11.8 Å². The van der Waals surface area contributed by atoms with Gasteiger partial charge in [0.15, 0.2) is 0 Å². The Morgan fingerprint density at radius 2 is 2.14 bits per heavy atom. The van der Waals surface area contributed by atoms with Crippen molar-refractivity contribution in [2.75, 3.05) is 44.9 Å². The van der Waals surface area contributed by atoms with E-state index in [0.717, 1.165) is 32.5 Å². The minimum Gasteiger partial charge on any atom is -0.395 e. The van der Waals surface area contributed by atoms with Crippen LogP contribution in [0.2, 0.25) is 0 Å². The molecular formula is C19H34N4O4S. The third kappa shape index (κ3) is 5.40. The van der Waals surface area contributed by atoms with E-state index in [1.54, 1.807) is 12.3 Å². The third-order valence-electron chi connectivity index (χ3n) is 5.72. The molecule has 0 aromatic carbocycles. The molecule has 1 aliphatic rings. The maximum atomic E-state index is 12.9. The summed E-state index contributed by atoms with van der Waals surface area (Å²) < 4.78 is 19.0. The van der Waals surface area contributed by atoms with Crippen LogP contribution < -0.4 is 5.32 Å². The van der Waals surface area contributed by atoms with Gasteiger partial charge in [-0.05, 0) is 39.7 Å². The smallest absolute Gasteiger partial charge is 0.246 e. The zero-order valence-corrected chi connectivity index (χ0v) is 18.6. The molecule has 1 aromatic heterocycles. The first-order valence-corrected chi connectivity index (χ1v) is 11.2. The van der Waals surface area contributed by atoms with Crippen molar-refractivity contribution < 1.29 is 18.6 Å². The van der Waals surface area contributed by atoms with Gasteiger partial charge >= 0.3 is 0 Å². The number of amides is 1. The van der Waals surface area contributed by atoms with Gasteiger partial charge in [-0.15, -0.1) is 0 Å². The number of rotatable bonds is 8. The molecule has 0 aliphatic carbocycles. The van der Waals surface area contributed by atoms with Gasteiger partial charge < -0.3 is 9.63 Å². The minimum absolute atomic E-state index is 0.0674.